The van der Waals surface area contributed by atoms with Crippen LogP contribution < -0.4 is 9.47 Å². The van der Waals surface area contributed by atoms with Crippen molar-refractivity contribution in [1.82, 2.24) is 4.90 Å². The van der Waals surface area contributed by atoms with Crippen molar-refractivity contribution in [3.63, 3.8) is 0 Å². The van der Waals surface area contributed by atoms with Crippen molar-refractivity contribution in [3.8, 4) is 11.5 Å². The molecule has 1 saturated heterocycles. The first-order chi connectivity index (χ1) is 11.1. The number of hydrogen-bond donors (Lipinski definition) is 0. The number of ether oxygens (including phenoxy) is 2. The molecule has 0 saturated carbocycles. The van der Waals surface area contributed by atoms with E-state index in [2.05, 4.69) is 11.8 Å². The Bertz CT molecular complexity index is 634. The molecule has 0 N–H and O–H groups in total. The molecule has 1 aliphatic heterocycles. The topological polar surface area (TPSA) is 21.7 Å². The first-order valence-corrected chi connectivity index (χ1v) is 8.36. The predicted molar refractivity (Wildman–Crippen MR) is 93.5 cm³/mol. The summed E-state index contributed by atoms with van der Waals surface area (Å²) < 4.78 is 11.9. The Labute approximate surface area is 142 Å². The van der Waals surface area contributed by atoms with E-state index in [0.29, 0.717) is 11.6 Å². The monoisotopic (exact) mass is 331 g/mol. The number of benzene rings is 2. The first kappa shape index (κ1) is 16.2. The van der Waals surface area contributed by atoms with E-state index in [1.807, 2.05) is 54.6 Å². The van der Waals surface area contributed by atoms with Crippen LogP contribution in [0.15, 0.2) is 54.6 Å². The third kappa shape index (κ3) is 4.63. The number of halogens is 1. The lowest BCUT2D eigenvalue weighted by Gasteiger charge is -2.26. The Morgan fingerprint density at radius 3 is 2.65 bits per heavy atom. The van der Waals surface area contributed by atoms with Gasteiger partial charge in [0.2, 0.25) is 0 Å². The minimum Gasteiger partial charge on any atom is -0.492 e. The molecule has 1 unspecified atom stereocenters. The van der Waals surface area contributed by atoms with Gasteiger partial charge < -0.3 is 9.47 Å². The molecular formula is C19H22ClNO2. The molecule has 2 aromatic carbocycles. The molecule has 1 aliphatic rings. The minimum absolute atomic E-state index is 0.169. The Morgan fingerprint density at radius 2 is 1.87 bits per heavy atom. The Morgan fingerprint density at radius 1 is 1.09 bits per heavy atom. The quantitative estimate of drug-likeness (QED) is 0.789. The van der Waals surface area contributed by atoms with Crippen LogP contribution in [0.25, 0.3) is 0 Å². The summed E-state index contributed by atoms with van der Waals surface area (Å²) in [5.41, 5.74) is -0.169. The molecule has 0 aromatic heterocycles. The van der Waals surface area contributed by atoms with Crippen LogP contribution in [0.1, 0.15) is 13.3 Å². The van der Waals surface area contributed by atoms with Crippen LogP contribution in [-0.2, 0) is 0 Å². The van der Waals surface area contributed by atoms with Gasteiger partial charge in [-0.3, -0.25) is 4.90 Å². The van der Waals surface area contributed by atoms with Crippen LogP contribution in [0, 0.1) is 0 Å². The van der Waals surface area contributed by atoms with E-state index in [0.717, 1.165) is 37.6 Å². The van der Waals surface area contributed by atoms with E-state index in [4.69, 9.17) is 21.1 Å². The van der Waals surface area contributed by atoms with Crippen molar-refractivity contribution in [1.29, 1.82) is 0 Å². The fourth-order valence-corrected chi connectivity index (χ4v) is 3.10. The normalized spacial score (nSPS) is 21.3. The highest BCUT2D eigenvalue weighted by Crippen LogP contribution is 2.28. The Balaban J connectivity index is 1.47. The Hall–Kier alpha value is -1.71. The van der Waals surface area contributed by atoms with E-state index >= 15 is 0 Å². The summed E-state index contributed by atoms with van der Waals surface area (Å²) in [6.45, 7) is 5.68. The van der Waals surface area contributed by atoms with E-state index in [-0.39, 0.29) is 5.60 Å². The molecule has 3 rings (SSSR count). The third-order valence-electron chi connectivity index (χ3n) is 4.09. The largest absolute Gasteiger partial charge is 0.492 e. The smallest absolute Gasteiger partial charge is 0.121 e. The highest BCUT2D eigenvalue weighted by molar-refractivity contribution is 6.30. The fourth-order valence-electron chi connectivity index (χ4n) is 2.92. The first-order valence-electron chi connectivity index (χ1n) is 7.98. The van der Waals surface area contributed by atoms with E-state index in [1.54, 1.807) is 0 Å². The van der Waals surface area contributed by atoms with Gasteiger partial charge in [-0.25, -0.2) is 0 Å². The second kappa shape index (κ2) is 7.24. The van der Waals surface area contributed by atoms with Gasteiger partial charge >= 0.3 is 0 Å². The molecule has 122 valence electrons. The number of likely N-dealkylation sites (tertiary alicyclic amines) is 1. The van der Waals surface area contributed by atoms with Crippen LogP contribution in [-0.4, -0.2) is 36.7 Å². The lowest BCUT2D eigenvalue weighted by Crippen LogP contribution is -2.37. The zero-order chi connectivity index (χ0) is 16.1. The van der Waals surface area contributed by atoms with Gasteiger partial charge in [-0.2, -0.15) is 0 Å². The lowest BCUT2D eigenvalue weighted by molar-refractivity contribution is 0.0935. The maximum atomic E-state index is 6.17. The summed E-state index contributed by atoms with van der Waals surface area (Å²) in [7, 11) is 0. The van der Waals surface area contributed by atoms with Gasteiger partial charge in [0.25, 0.3) is 0 Å². The van der Waals surface area contributed by atoms with Gasteiger partial charge in [-0.1, -0.05) is 35.9 Å². The van der Waals surface area contributed by atoms with Gasteiger partial charge in [-0.15, -0.1) is 0 Å². The van der Waals surface area contributed by atoms with Crippen LogP contribution in [0.2, 0.25) is 5.02 Å². The molecule has 1 heterocycles. The number of rotatable bonds is 6. The molecule has 0 radical (unpaired) electrons. The minimum atomic E-state index is -0.169. The highest BCUT2D eigenvalue weighted by Gasteiger charge is 2.35. The van der Waals surface area contributed by atoms with Crippen molar-refractivity contribution in [2.24, 2.45) is 0 Å². The maximum Gasteiger partial charge on any atom is 0.121 e. The summed E-state index contributed by atoms with van der Waals surface area (Å²) in [4.78, 5) is 2.38. The van der Waals surface area contributed by atoms with E-state index < -0.39 is 0 Å². The summed E-state index contributed by atoms with van der Waals surface area (Å²) in [5, 5.41) is 0.706. The average molecular weight is 332 g/mol. The molecule has 2 aromatic rings. The van der Waals surface area contributed by atoms with Crippen LogP contribution in [0.4, 0.5) is 0 Å². The van der Waals surface area contributed by atoms with Gasteiger partial charge in [0.15, 0.2) is 0 Å². The maximum absolute atomic E-state index is 6.17. The molecular weight excluding hydrogens is 310 g/mol. The Kier molecular flexibility index (Phi) is 5.09. The molecule has 3 nitrogen and oxygen atoms in total. The van der Waals surface area contributed by atoms with Crippen molar-refractivity contribution >= 4 is 11.6 Å². The van der Waals surface area contributed by atoms with Gasteiger partial charge in [0.1, 0.15) is 23.7 Å². The number of nitrogens with zero attached hydrogens (tertiary/aromatic N) is 1. The third-order valence-corrected chi connectivity index (χ3v) is 4.33. The zero-order valence-electron chi connectivity index (χ0n) is 13.4. The average Bonchev–Trinajstić information content (AvgIpc) is 2.89. The second-order valence-corrected chi connectivity index (χ2v) is 6.63. The second-order valence-electron chi connectivity index (χ2n) is 6.20. The van der Waals surface area contributed by atoms with Crippen LogP contribution >= 0.6 is 11.6 Å². The molecule has 1 atom stereocenters. The van der Waals surface area contributed by atoms with Crippen molar-refractivity contribution in [3.05, 3.63) is 59.6 Å². The highest BCUT2D eigenvalue weighted by atomic mass is 35.5. The number of para-hydroxylation sites is 1. The summed E-state index contributed by atoms with van der Waals surface area (Å²) in [5.74, 6) is 1.76. The SMILES string of the molecule is CC1(Oc2cccc(Cl)c2)CCN(CCOc2ccccc2)C1. The van der Waals surface area contributed by atoms with E-state index in [1.165, 1.54) is 0 Å². The predicted octanol–water partition coefficient (Wildman–Crippen LogP) is 4.26. The zero-order valence-corrected chi connectivity index (χ0v) is 14.1. The molecule has 0 amide bonds. The standard InChI is InChI=1S/C19H22ClNO2/c1-19(23-18-9-5-6-16(20)14-18)10-11-21(15-19)12-13-22-17-7-3-2-4-8-17/h2-9,14H,10-13,15H2,1H3. The molecule has 0 bridgehead atoms. The fraction of sp³-hybridized carbons (Fsp3) is 0.368. The lowest BCUT2D eigenvalue weighted by atomic mass is 10.1. The summed E-state index contributed by atoms with van der Waals surface area (Å²) in [6, 6.07) is 17.5. The van der Waals surface area contributed by atoms with Crippen molar-refractivity contribution in [2.45, 2.75) is 18.9 Å². The van der Waals surface area contributed by atoms with Crippen LogP contribution in [0.3, 0.4) is 0 Å². The number of hydrogen-bond acceptors (Lipinski definition) is 3. The van der Waals surface area contributed by atoms with Gasteiger partial charge in [0.05, 0.1) is 0 Å². The molecule has 23 heavy (non-hydrogen) atoms. The van der Waals surface area contributed by atoms with E-state index in [9.17, 15) is 0 Å². The van der Waals surface area contributed by atoms with Crippen molar-refractivity contribution < 1.29 is 9.47 Å². The van der Waals surface area contributed by atoms with Gasteiger partial charge in [0, 0.05) is 31.1 Å². The molecule has 0 aliphatic carbocycles. The van der Waals surface area contributed by atoms with Crippen molar-refractivity contribution in [2.75, 3.05) is 26.2 Å². The summed E-state index contributed by atoms with van der Waals surface area (Å²) in [6.07, 6.45) is 1.00. The molecule has 1 fully saturated rings. The summed E-state index contributed by atoms with van der Waals surface area (Å²) >= 11 is 6.02. The van der Waals surface area contributed by atoms with Gasteiger partial charge in [-0.05, 0) is 37.3 Å². The van der Waals surface area contributed by atoms with Crippen LogP contribution in [0.5, 0.6) is 11.5 Å². The molecule has 0 spiro atoms. The molecule has 4 heteroatoms.